The molecule has 9 heteroatoms. The molecule has 0 spiro atoms. The normalized spacial score (nSPS) is 19.4. The first-order chi connectivity index (χ1) is 14.2. The second-order valence-electron chi connectivity index (χ2n) is 7.80. The number of hydrogen-bond acceptors (Lipinski definition) is 4. The third-order valence-electron chi connectivity index (χ3n) is 5.29. The van der Waals surface area contributed by atoms with Crippen LogP contribution in [0.4, 0.5) is 4.79 Å². The third-order valence-corrected chi connectivity index (χ3v) is 5.29. The van der Waals surface area contributed by atoms with Crippen LogP contribution in [-0.2, 0) is 20.8 Å². The maximum atomic E-state index is 12.8. The van der Waals surface area contributed by atoms with Gasteiger partial charge in [0, 0.05) is 13.1 Å². The van der Waals surface area contributed by atoms with Crippen molar-refractivity contribution in [2.75, 3.05) is 33.2 Å². The largest absolute Gasteiger partial charge is 0.344 e. The van der Waals surface area contributed by atoms with E-state index in [0.717, 1.165) is 10.6 Å². The molecule has 1 heterocycles. The van der Waals surface area contributed by atoms with Gasteiger partial charge in [-0.25, -0.2) is 4.79 Å². The summed E-state index contributed by atoms with van der Waals surface area (Å²) < 4.78 is 0. The maximum absolute atomic E-state index is 12.8. The molecule has 2 rings (SSSR count). The molecule has 0 aliphatic carbocycles. The summed E-state index contributed by atoms with van der Waals surface area (Å²) in [6.45, 7) is 6.79. The van der Waals surface area contributed by atoms with Crippen molar-refractivity contribution in [2.45, 2.75) is 39.2 Å². The van der Waals surface area contributed by atoms with Crippen LogP contribution in [0.2, 0.25) is 0 Å². The van der Waals surface area contributed by atoms with Gasteiger partial charge in [-0.1, -0.05) is 30.3 Å². The second kappa shape index (κ2) is 10.2. The minimum Gasteiger partial charge on any atom is -0.338 e. The zero-order valence-electron chi connectivity index (χ0n) is 18.2. The van der Waals surface area contributed by atoms with E-state index in [9.17, 15) is 19.2 Å². The lowest BCUT2D eigenvalue weighted by atomic mass is 9.93. The van der Waals surface area contributed by atoms with Gasteiger partial charge in [0.15, 0.2) is 13.1 Å². The average molecular weight is 419 g/mol. The van der Waals surface area contributed by atoms with Crippen molar-refractivity contribution in [1.29, 1.82) is 0 Å². The highest BCUT2D eigenvalue weighted by Gasteiger charge is 2.48. The molecule has 1 aliphatic heterocycles. The number of nitrogens with zero attached hydrogens (tertiary/aromatic N) is 2. The van der Waals surface area contributed by atoms with Gasteiger partial charge in [-0.15, -0.1) is 0 Å². The quantitative estimate of drug-likeness (QED) is 0.439. The number of imide groups is 1. The number of carbonyl (C=O) groups is 4. The maximum Gasteiger partial charge on any atom is 0.344 e. The van der Waals surface area contributed by atoms with E-state index in [1.807, 2.05) is 44.2 Å². The fraction of sp³-hybridized carbons (Fsp3) is 0.524. The first-order valence-corrected chi connectivity index (χ1v) is 10.3. The number of nitrogens with one attached hydrogen (secondary N) is 3. The fourth-order valence-corrected chi connectivity index (χ4v) is 3.44. The van der Waals surface area contributed by atoms with Crippen LogP contribution in [0.1, 0.15) is 32.8 Å². The molecule has 9 nitrogen and oxygen atoms in total. The minimum absolute atomic E-state index is 0.0369. The zero-order valence-corrected chi connectivity index (χ0v) is 18.2. The Morgan fingerprint density at radius 2 is 1.77 bits per heavy atom. The highest BCUT2D eigenvalue weighted by atomic mass is 16.2. The number of benzene rings is 1. The first-order valence-electron chi connectivity index (χ1n) is 10.3. The van der Waals surface area contributed by atoms with Gasteiger partial charge in [0.25, 0.3) is 17.7 Å². The molecule has 0 bridgehead atoms. The first kappa shape index (κ1) is 23.3. The van der Waals surface area contributed by atoms with E-state index >= 15 is 0 Å². The highest BCUT2D eigenvalue weighted by Crippen LogP contribution is 2.22. The van der Waals surface area contributed by atoms with Crippen LogP contribution in [0.15, 0.2) is 30.3 Å². The van der Waals surface area contributed by atoms with Crippen LogP contribution >= 0.6 is 0 Å². The smallest absolute Gasteiger partial charge is 0.338 e. The summed E-state index contributed by atoms with van der Waals surface area (Å²) in [5, 5.41) is 3.42. The summed E-state index contributed by atoms with van der Waals surface area (Å²) >= 11 is 0. The van der Waals surface area contributed by atoms with E-state index in [0.29, 0.717) is 30.8 Å². The predicted octanol–water partition coefficient (Wildman–Crippen LogP) is -0.656. The van der Waals surface area contributed by atoms with Crippen LogP contribution in [0.25, 0.3) is 0 Å². The Labute approximate surface area is 177 Å². The number of hydrogen-bond donors (Lipinski definition) is 3. The van der Waals surface area contributed by atoms with E-state index in [1.165, 1.54) is 0 Å². The van der Waals surface area contributed by atoms with Crippen LogP contribution < -0.4 is 15.6 Å². The monoisotopic (exact) mass is 418 g/mol. The Morgan fingerprint density at radius 1 is 1.13 bits per heavy atom. The van der Waals surface area contributed by atoms with Gasteiger partial charge in [-0.05, 0) is 39.2 Å². The Kier molecular flexibility index (Phi) is 7.93. The summed E-state index contributed by atoms with van der Waals surface area (Å²) in [5.74, 6) is -1.04. The standard InChI is InChI=1S/C21H31N5O4/c1-5-25(6-2)18(28)15-24(4)14-17(27)23-26-19(29)21(3,22-20(26)30)13-12-16-10-8-7-9-11-16/h7-11H,5-6,12-15H2,1-4H3,(H,22,30)(H,23,27)/p+1/t21-/m1/s1. The summed E-state index contributed by atoms with van der Waals surface area (Å²) in [5.41, 5.74) is 2.36. The van der Waals surface area contributed by atoms with Gasteiger partial charge in [0.05, 0.1) is 7.05 Å². The molecule has 3 N–H and O–H groups in total. The molecular formula is C21H32N5O4+. The number of likely N-dealkylation sites (N-methyl/N-ethyl adjacent to an activating group) is 2. The molecule has 1 aliphatic rings. The van der Waals surface area contributed by atoms with E-state index in [1.54, 1.807) is 18.9 Å². The molecule has 0 radical (unpaired) electrons. The van der Waals surface area contributed by atoms with E-state index < -0.39 is 23.4 Å². The molecule has 1 aromatic carbocycles. The lowest BCUT2D eigenvalue weighted by molar-refractivity contribution is -0.863. The van der Waals surface area contributed by atoms with Crippen LogP contribution in [0, 0.1) is 0 Å². The molecular weight excluding hydrogens is 386 g/mol. The number of hydrazine groups is 1. The van der Waals surface area contributed by atoms with Crippen molar-refractivity contribution < 1.29 is 24.1 Å². The fourth-order valence-electron chi connectivity index (χ4n) is 3.44. The number of quaternary nitrogens is 1. The van der Waals surface area contributed by atoms with Crippen LogP contribution in [0.3, 0.4) is 0 Å². The molecule has 5 amide bonds. The summed E-state index contributed by atoms with van der Waals surface area (Å²) in [6.07, 6.45) is 1.03. The predicted molar refractivity (Wildman–Crippen MR) is 111 cm³/mol. The van der Waals surface area contributed by atoms with E-state index in [4.69, 9.17) is 0 Å². The van der Waals surface area contributed by atoms with Crippen LogP contribution in [0.5, 0.6) is 0 Å². The van der Waals surface area contributed by atoms with Crippen molar-refractivity contribution >= 4 is 23.8 Å². The SMILES string of the molecule is CCN(CC)C(=O)C[NH+](C)CC(=O)NN1C(=O)N[C@](C)(CCc2ccccc2)C1=O. The molecule has 0 saturated carbocycles. The highest BCUT2D eigenvalue weighted by molar-refractivity contribution is 6.07. The number of aryl methyl sites for hydroxylation is 1. The van der Waals surface area contributed by atoms with E-state index in [2.05, 4.69) is 10.7 Å². The molecule has 1 fully saturated rings. The second-order valence-corrected chi connectivity index (χ2v) is 7.80. The van der Waals surface area contributed by atoms with Gasteiger partial charge >= 0.3 is 6.03 Å². The topological polar surface area (TPSA) is 103 Å². The lowest BCUT2D eigenvalue weighted by Gasteiger charge is -2.22. The zero-order chi connectivity index (χ0) is 22.3. The van der Waals surface area contributed by atoms with E-state index in [-0.39, 0.29) is 19.0 Å². The molecule has 30 heavy (non-hydrogen) atoms. The van der Waals surface area contributed by atoms with Gasteiger partial charge in [0.1, 0.15) is 5.54 Å². The van der Waals surface area contributed by atoms with Crippen molar-refractivity contribution in [3.05, 3.63) is 35.9 Å². The van der Waals surface area contributed by atoms with Gasteiger partial charge < -0.3 is 15.1 Å². The lowest BCUT2D eigenvalue weighted by Crippen LogP contribution is -3.11. The summed E-state index contributed by atoms with van der Waals surface area (Å²) in [7, 11) is 1.72. The van der Waals surface area contributed by atoms with Crippen LogP contribution in [-0.4, -0.2) is 72.4 Å². The number of rotatable bonds is 10. The average Bonchev–Trinajstić information content (AvgIpc) is 2.91. The molecule has 164 valence electrons. The van der Waals surface area contributed by atoms with Gasteiger partial charge in [-0.3, -0.25) is 19.8 Å². The Morgan fingerprint density at radius 3 is 2.37 bits per heavy atom. The van der Waals surface area contributed by atoms with Crippen molar-refractivity contribution in [3.8, 4) is 0 Å². The molecule has 2 atom stereocenters. The summed E-state index contributed by atoms with van der Waals surface area (Å²) in [4.78, 5) is 52.0. The Bertz CT molecular complexity index is 781. The molecule has 1 unspecified atom stereocenters. The van der Waals surface area contributed by atoms with Crippen molar-refractivity contribution in [1.82, 2.24) is 20.7 Å². The Hall–Kier alpha value is -2.94. The van der Waals surface area contributed by atoms with Crippen molar-refractivity contribution in [3.63, 3.8) is 0 Å². The number of carbonyl (C=O) groups excluding carboxylic acids is 4. The van der Waals surface area contributed by atoms with Gasteiger partial charge in [-0.2, -0.15) is 5.01 Å². The van der Waals surface area contributed by atoms with Crippen molar-refractivity contribution in [2.24, 2.45) is 0 Å². The summed E-state index contributed by atoms with van der Waals surface area (Å²) in [6, 6.07) is 9.02. The number of urea groups is 1. The van der Waals surface area contributed by atoms with Gasteiger partial charge in [0.2, 0.25) is 0 Å². The number of amides is 5. The Balaban J connectivity index is 1.89. The molecule has 1 saturated heterocycles. The third kappa shape index (κ3) is 5.79. The minimum atomic E-state index is -1.09. The molecule has 1 aromatic rings. The molecule has 0 aromatic heterocycles.